The van der Waals surface area contributed by atoms with E-state index in [1.54, 1.807) is 14.2 Å². The van der Waals surface area contributed by atoms with Crippen molar-refractivity contribution in [2.24, 2.45) is 5.92 Å². The predicted molar refractivity (Wildman–Crippen MR) is 96.2 cm³/mol. The van der Waals surface area contributed by atoms with Gasteiger partial charge in [-0.3, -0.25) is 0 Å². The molecule has 7 nitrogen and oxygen atoms in total. The number of benzene rings is 1. The molecule has 0 spiro atoms. The number of hydrogen-bond donors (Lipinski definition) is 2. The summed E-state index contributed by atoms with van der Waals surface area (Å²) in [4.78, 5) is 9.05. The fourth-order valence-corrected chi connectivity index (χ4v) is 3.48. The van der Waals surface area contributed by atoms with Crippen molar-refractivity contribution in [3.05, 3.63) is 12.1 Å². The minimum atomic E-state index is 0.316. The van der Waals surface area contributed by atoms with Crippen LogP contribution < -0.4 is 20.5 Å². The second kappa shape index (κ2) is 6.55. The monoisotopic (exact) mass is 344 g/mol. The van der Waals surface area contributed by atoms with Crippen molar-refractivity contribution in [3.8, 4) is 11.5 Å². The molecular weight excluding hydrogens is 320 g/mol. The average molecular weight is 344 g/mol. The van der Waals surface area contributed by atoms with Crippen LogP contribution in [0.2, 0.25) is 0 Å². The van der Waals surface area contributed by atoms with Crippen LogP contribution in [0.15, 0.2) is 12.1 Å². The first-order valence-corrected chi connectivity index (χ1v) is 8.75. The Labute approximate surface area is 146 Å². The van der Waals surface area contributed by atoms with E-state index in [9.17, 15) is 0 Å². The van der Waals surface area contributed by atoms with Crippen molar-refractivity contribution in [2.75, 3.05) is 31.9 Å². The number of aromatic nitrogens is 2. The Kier molecular flexibility index (Phi) is 4.25. The summed E-state index contributed by atoms with van der Waals surface area (Å²) in [6, 6.07) is 3.95. The Bertz CT molecular complexity index is 778. The molecule has 134 valence electrons. The maximum atomic E-state index is 6.15. The molecule has 7 heteroatoms. The molecule has 0 amide bonds. The van der Waals surface area contributed by atoms with E-state index in [-0.39, 0.29) is 0 Å². The van der Waals surface area contributed by atoms with Gasteiger partial charge in [-0.05, 0) is 37.7 Å². The lowest BCUT2D eigenvalue weighted by molar-refractivity contribution is -0.00227. The van der Waals surface area contributed by atoms with Gasteiger partial charge >= 0.3 is 0 Å². The molecule has 1 saturated carbocycles. The molecule has 2 aromatic rings. The summed E-state index contributed by atoms with van der Waals surface area (Å²) >= 11 is 0. The van der Waals surface area contributed by atoms with Crippen molar-refractivity contribution in [2.45, 2.75) is 37.8 Å². The van der Waals surface area contributed by atoms with Crippen molar-refractivity contribution in [3.63, 3.8) is 0 Å². The average Bonchev–Trinajstić information content (AvgIpc) is 3.46. The summed E-state index contributed by atoms with van der Waals surface area (Å²) in [6.45, 7) is 0.785. The van der Waals surface area contributed by atoms with Crippen LogP contribution in [-0.4, -0.2) is 42.9 Å². The molecule has 2 heterocycles. The van der Waals surface area contributed by atoms with Crippen LogP contribution in [0.5, 0.6) is 11.5 Å². The number of anilines is 2. The third kappa shape index (κ3) is 3.28. The highest BCUT2D eigenvalue weighted by atomic mass is 16.5. The summed E-state index contributed by atoms with van der Waals surface area (Å²) in [6.07, 6.45) is 4.90. The normalized spacial score (nSPS) is 23.4. The number of nitrogens with two attached hydrogens (primary N) is 1. The third-order valence-corrected chi connectivity index (χ3v) is 5.03. The van der Waals surface area contributed by atoms with Crippen LogP contribution in [0, 0.1) is 5.92 Å². The Morgan fingerprint density at radius 1 is 1.12 bits per heavy atom. The Balaban J connectivity index is 1.59. The zero-order chi connectivity index (χ0) is 17.4. The molecule has 0 bridgehead atoms. The zero-order valence-corrected chi connectivity index (χ0v) is 14.6. The highest BCUT2D eigenvalue weighted by Gasteiger charge is 2.36. The molecule has 2 fully saturated rings. The van der Waals surface area contributed by atoms with Crippen molar-refractivity contribution in [1.82, 2.24) is 9.97 Å². The lowest BCUT2D eigenvalue weighted by Gasteiger charge is -2.30. The number of nitrogens with one attached hydrogen (secondary N) is 1. The third-order valence-electron chi connectivity index (χ3n) is 5.03. The van der Waals surface area contributed by atoms with Crippen molar-refractivity contribution in [1.29, 1.82) is 0 Å². The number of fused-ring (bicyclic) bond motifs is 1. The van der Waals surface area contributed by atoms with Gasteiger partial charge in [0, 0.05) is 24.1 Å². The van der Waals surface area contributed by atoms with Crippen LogP contribution in [0.1, 0.15) is 25.7 Å². The zero-order valence-electron chi connectivity index (χ0n) is 14.6. The van der Waals surface area contributed by atoms with Crippen LogP contribution in [0.3, 0.4) is 0 Å². The number of nitrogen functional groups attached to an aromatic ring is 1. The summed E-state index contributed by atoms with van der Waals surface area (Å²) < 4.78 is 16.6. The Morgan fingerprint density at radius 2 is 1.88 bits per heavy atom. The van der Waals surface area contributed by atoms with E-state index in [0.29, 0.717) is 35.4 Å². The van der Waals surface area contributed by atoms with Gasteiger partial charge in [0.05, 0.1) is 25.8 Å². The first-order valence-electron chi connectivity index (χ1n) is 8.75. The minimum Gasteiger partial charge on any atom is -0.493 e. The van der Waals surface area contributed by atoms with Gasteiger partial charge in [-0.15, -0.1) is 0 Å². The van der Waals surface area contributed by atoms with Crippen molar-refractivity contribution < 1.29 is 14.2 Å². The number of ether oxygens (including phenoxy) is 3. The molecule has 2 atom stereocenters. The lowest BCUT2D eigenvalue weighted by Crippen LogP contribution is -2.35. The number of methoxy groups -OCH3 is 2. The maximum Gasteiger partial charge on any atom is 0.225 e. The smallest absolute Gasteiger partial charge is 0.225 e. The minimum absolute atomic E-state index is 0.316. The van der Waals surface area contributed by atoms with Gasteiger partial charge in [-0.2, -0.15) is 4.98 Å². The molecule has 1 aliphatic heterocycles. The van der Waals surface area contributed by atoms with Gasteiger partial charge in [0.1, 0.15) is 5.82 Å². The summed E-state index contributed by atoms with van der Waals surface area (Å²) in [5, 5.41) is 4.19. The van der Waals surface area contributed by atoms with Crippen molar-refractivity contribution >= 4 is 22.7 Å². The summed E-state index contributed by atoms with van der Waals surface area (Å²) in [5.41, 5.74) is 6.89. The van der Waals surface area contributed by atoms with E-state index in [4.69, 9.17) is 19.9 Å². The van der Waals surface area contributed by atoms with Crippen LogP contribution in [0.4, 0.5) is 11.8 Å². The fourth-order valence-electron chi connectivity index (χ4n) is 3.48. The van der Waals surface area contributed by atoms with E-state index >= 15 is 0 Å². The van der Waals surface area contributed by atoms with E-state index in [2.05, 4.69) is 15.3 Å². The second-order valence-corrected chi connectivity index (χ2v) is 6.77. The second-order valence-electron chi connectivity index (χ2n) is 6.77. The fraction of sp³-hybridized carbons (Fsp3) is 0.556. The SMILES string of the molecule is COc1cc2nc(NC3CCOC(C4CC4)C3)nc(N)c2cc1OC. The molecule has 4 rings (SSSR count). The first-order chi connectivity index (χ1) is 12.2. The number of nitrogens with zero attached hydrogens (tertiary/aromatic N) is 2. The van der Waals surface area contributed by atoms with E-state index < -0.39 is 0 Å². The van der Waals surface area contributed by atoms with E-state index in [0.717, 1.165) is 36.3 Å². The molecule has 2 unspecified atom stereocenters. The predicted octanol–water partition coefficient (Wildman–Crippen LogP) is 2.60. The van der Waals surface area contributed by atoms with Gasteiger partial charge < -0.3 is 25.3 Å². The molecular formula is C18H24N4O3. The Morgan fingerprint density at radius 3 is 2.60 bits per heavy atom. The molecule has 1 aromatic carbocycles. The standard InChI is InChI=1S/C18H24N4O3/c1-23-15-8-12-13(9-16(15)24-2)21-18(22-17(12)19)20-11-5-6-25-14(7-11)10-3-4-10/h8-11,14H,3-7H2,1-2H3,(H3,19,20,21,22). The van der Waals surface area contributed by atoms with Gasteiger partial charge in [0.25, 0.3) is 0 Å². The van der Waals surface area contributed by atoms with Gasteiger partial charge in [0.2, 0.25) is 5.95 Å². The highest BCUT2D eigenvalue weighted by molar-refractivity contribution is 5.91. The molecule has 25 heavy (non-hydrogen) atoms. The van der Waals surface area contributed by atoms with E-state index in [1.165, 1.54) is 12.8 Å². The molecule has 1 saturated heterocycles. The largest absolute Gasteiger partial charge is 0.493 e. The highest BCUT2D eigenvalue weighted by Crippen LogP contribution is 2.38. The Hall–Kier alpha value is -2.28. The number of rotatable bonds is 5. The van der Waals surface area contributed by atoms with Crippen LogP contribution >= 0.6 is 0 Å². The molecule has 1 aromatic heterocycles. The number of hydrogen-bond acceptors (Lipinski definition) is 7. The molecule has 1 aliphatic carbocycles. The first kappa shape index (κ1) is 16.2. The molecule has 2 aliphatic rings. The summed E-state index contributed by atoms with van der Waals surface area (Å²) in [7, 11) is 3.20. The maximum absolute atomic E-state index is 6.15. The topological polar surface area (TPSA) is 91.5 Å². The van der Waals surface area contributed by atoms with Gasteiger partial charge in [-0.25, -0.2) is 4.98 Å². The summed E-state index contributed by atoms with van der Waals surface area (Å²) in [5.74, 6) is 2.96. The quantitative estimate of drug-likeness (QED) is 0.861. The van der Waals surface area contributed by atoms with Crippen LogP contribution in [0.25, 0.3) is 10.9 Å². The van der Waals surface area contributed by atoms with Gasteiger partial charge in [-0.1, -0.05) is 0 Å². The molecule has 0 radical (unpaired) electrons. The lowest BCUT2D eigenvalue weighted by atomic mass is 10.0. The van der Waals surface area contributed by atoms with Crippen LogP contribution in [-0.2, 0) is 4.74 Å². The van der Waals surface area contributed by atoms with E-state index in [1.807, 2.05) is 12.1 Å². The molecule has 3 N–H and O–H groups in total. The van der Waals surface area contributed by atoms with Gasteiger partial charge in [0.15, 0.2) is 11.5 Å².